The highest BCUT2D eigenvalue weighted by Gasteiger charge is 2.00. The van der Waals surface area contributed by atoms with Gasteiger partial charge in [-0.05, 0) is 0 Å². The molecule has 0 N–H and O–H groups in total. The summed E-state index contributed by atoms with van der Waals surface area (Å²) in [5.41, 5.74) is 0. The lowest BCUT2D eigenvalue weighted by molar-refractivity contribution is -1.05. The van der Waals surface area contributed by atoms with Gasteiger partial charge in [0.15, 0.2) is 0 Å². The van der Waals surface area contributed by atoms with Gasteiger partial charge in [0.1, 0.15) is 0 Å². The summed E-state index contributed by atoms with van der Waals surface area (Å²) >= 11 is 0. The zero-order valence-electron chi connectivity index (χ0n) is 4.73. The van der Waals surface area contributed by atoms with Crippen molar-refractivity contribution in [1.82, 2.24) is 0 Å². The number of hydrogen-bond donors (Lipinski definition) is 0. The van der Waals surface area contributed by atoms with E-state index in [4.69, 9.17) is 0 Å². The molecule has 0 saturated heterocycles. The highest BCUT2D eigenvalue weighted by Crippen LogP contribution is 1.84. The van der Waals surface area contributed by atoms with E-state index in [2.05, 4.69) is 4.58 Å². The highest BCUT2D eigenvalue weighted by molar-refractivity contribution is 5.77. The molecule has 0 spiro atoms. The fourth-order valence-corrected chi connectivity index (χ4v) is 0.368. The third-order valence-corrected chi connectivity index (χ3v) is 0.907. The molecule has 0 rings (SSSR count). The van der Waals surface area contributed by atoms with Crippen molar-refractivity contribution in [2.45, 2.75) is 26.7 Å². The Bertz CT molecular complexity index is 60.5. The van der Waals surface area contributed by atoms with Crippen LogP contribution in [0, 0.1) is 0 Å². The fourth-order valence-electron chi connectivity index (χ4n) is 0.368. The van der Waals surface area contributed by atoms with E-state index in [1.807, 2.05) is 13.8 Å². The fraction of sp³-hybridized carbons (Fsp3) is 0.800. The first-order chi connectivity index (χ1) is 3.35. The van der Waals surface area contributed by atoms with Crippen molar-refractivity contribution in [3.63, 3.8) is 0 Å². The van der Waals surface area contributed by atoms with Gasteiger partial charge in [-0.25, -0.2) is 0 Å². The third-order valence-electron chi connectivity index (χ3n) is 0.907. The van der Waals surface area contributed by atoms with Crippen LogP contribution in [0.5, 0.6) is 0 Å². The molecule has 0 fully saturated rings. The highest BCUT2D eigenvalue weighted by atomic mass is 17.1. The van der Waals surface area contributed by atoms with Gasteiger partial charge < -0.3 is 5.26 Å². The lowest BCUT2D eigenvalue weighted by Crippen LogP contribution is -2.06. The second kappa shape index (κ2) is 3.65. The minimum Gasteiger partial charge on any atom is -0.463 e. The molecule has 0 aromatic rings. The van der Waals surface area contributed by atoms with Crippen LogP contribution in [0.15, 0.2) is 0 Å². The molecule has 0 aliphatic carbocycles. The van der Waals surface area contributed by atoms with Gasteiger partial charge in [0.25, 0.3) is 0 Å². The summed E-state index contributed by atoms with van der Waals surface area (Å²) in [5.74, 6) is 0.625. The van der Waals surface area contributed by atoms with Crippen molar-refractivity contribution < 1.29 is 9.83 Å². The molecule has 0 radical (unpaired) electrons. The maximum absolute atomic E-state index is 9.56. The second-order valence-corrected chi connectivity index (χ2v) is 1.33. The molecule has 2 nitrogen and oxygen atoms in total. The van der Waals surface area contributed by atoms with Crippen molar-refractivity contribution in [1.29, 1.82) is 0 Å². The minimum atomic E-state index is 0.625. The van der Waals surface area contributed by atoms with E-state index in [0.717, 1.165) is 12.8 Å². The number of ketones is 1. The molecule has 0 saturated carbocycles. The van der Waals surface area contributed by atoms with E-state index in [9.17, 15) is 5.26 Å². The van der Waals surface area contributed by atoms with Crippen molar-refractivity contribution in [2.24, 2.45) is 0 Å². The predicted octanol–water partition coefficient (Wildman–Crippen LogP) is 0.186. The molecule has 0 heterocycles. The number of carbonyl (C=O) groups excluding carboxylic acids is 1. The SMILES string of the molecule is CCC(CC)=[O+][O-]. The Labute approximate surface area is 43.4 Å². The average Bonchev–Trinajstić information content (AvgIpc) is 1.72. The minimum absolute atomic E-state index is 0.625. The van der Waals surface area contributed by atoms with E-state index in [0.29, 0.717) is 5.78 Å². The van der Waals surface area contributed by atoms with Crippen LogP contribution in [-0.2, 0) is 4.58 Å². The molecule has 0 atom stereocenters. The van der Waals surface area contributed by atoms with Crippen molar-refractivity contribution in [2.75, 3.05) is 0 Å². The van der Waals surface area contributed by atoms with Crippen molar-refractivity contribution in [3.05, 3.63) is 0 Å². The van der Waals surface area contributed by atoms with E-state index >= 15 is 0 Å². The molecular formula is C5H10O2. The second-order valence-electron chi connectivity index (χ2n) is 1.33. The van der Waals surface area contributed by atoms with Crippen molar-refractivity contribution in [3.8, 4) is 0 Å². The number of hydrogen-bond acceptors (Lipinski definition) is 1. The summed E-state index contributed by atoms with van der Waals surface area (Å²) in [6.45, 7) is 3.80. The maximum atomic E-state index is 9.56. The molecule has 0 bridgehead atoms. The number of rotatable bonds is 2. The lowest BCUT2D eigenvalue weighted by atomic mass is 10.2. The predicted molar refractivity (Wildman–Crippen MR) is 25.6 cm³/mol. The van der Waals surface area contributed by atoms with E-state index in [-0.39, 0.29) is 0 Å². The molecule has 42 valence electrons. The van der Waals surface area contributed by atoms with Crippen LogP contribution in [0.3, 0.4) is 0 Å². The van der Waals surface area contributed by atoms with Crippen LogP contribution in [0.4, 0.5) is 0 Å². The standard InChI is InChI=1S/C5H10O2/c1-3-5(4-2)7-6/h3-4H2,1-2H3. The van der Waals surface area contributed by atoms with Crippen molar-refractivity contribution >= 4 is 5.78 Å². The first-order valence-corrected chi connectivity index (χ1v) is 2.49. The molecule has 7 heavy (non-hydrogen) atoms. The van der Waals surface area contributed by atoms with Gasteiger partial charge in [-0.2, -0.15) is 4.58 Å². The van der Waals surface area contributed by atoms with Gasteiger partial charge in [-0.1, -0.05) is 13.8 Å². The Hall–Kier alpha value is -0.530. The summed E-state index contributed by atoms with van der Waals surface area (Å²) in [6.07, 6.45) is 1.47. The van der Waals surface area contributed by atoms with Crippen LogP contribution in [-0.4, -0.2) is 5.78 Å². The molecule has 0 aromatic heterocycles. The molecule has 0 aliphatic heterocycles. The summed E-state index contributed by atoms with van der Waals surface area (Å²) < 4.78 is 3.72. The average molecular weight is 102 g/mol. The van der Waals surface area contributed by atoms with Crippen LogP contribution < -0.4 is 5.26 Å². The Kier molecular flexibility index (Phi) is 3.38. The Morgan fingerprint density at radius 1 is 1.43 bits per heavy atom. The lowest BCUT2D eigenvalue weighted by Gasteiger charge is -1.80. The molecule has 0 aromatic carbocycles. The first-order valence-electron chi connectivity index (χ1n) is 2.49. The molecular weight excluding hydrogens is 92.1 g/mol. The Morgan fingerprint density at radius 2 is 1.86 bits per heavy atom. The van der Waals surface area contributed by atoms with Gasteiger partial charge in [0.2, 0.25) is 0 Å². The zero-order chi connectivity index (χ0) is 5.70. The van der Waals surface area contributed by atoms with Crippen LogP contribution in [0.25, 0.3) is 0 Å². The third kappa shape index (κ3) is 2.20. The normalized spacial score (nSPS) is 8.29. The monoisotopic (exact) mass is 102 g/mol. The van der Waals surface area contributed by atoms with Crippen LogP contribution in [0.2, 0.25) is 0 Å². The van der Waals surface area contributed by atoms with E-state index < -0.39 is 0 Å². The van der Waals surface area contributed by atoms with Gasteiger partial charge in [-0.3, -0.25) is 0 Å². The van der Waals surface area contributed by atoms with Crippen LogP contribution >= 0.6 is 0 Å². The van der Waals surface area contributed by atoms with Gasteiger partial charge >= 0.3 is 5.78 Å². The van der Waals surface area contributed by atoms with Gasteiger partial charge in [0.05, 0.1) is 12.8 Å². The Morgan fingerprint density at radius 3 is 1.86 bits per heavy atom. The molecule has 0 unspecified atom stereocenters. The van der Waals surface area contributed by atoms with Crippen LogP contribution in [0.1, 0.15) is 26.7 Å². The Balaban J connectivity index is 3.38. The zero-order valence-corrected chi connectivity index (χ0v) is 4.73. The summed E-state index contributed by atoms with van der Waals surface area (Å²) in [6, 6.07) is 0. The quantitative estimate of drug-likeness (QED) is 0.278. The maximum Gasteiger partial charge on any atom is 0.328 e. The summed E-state index contributed by atoms with van der Waals surface area (Å²) in [7, 11) is 0. The molecule has 0 amide bonds. The summed E-state index contributed by atoms with van der Waals surface area (Å²) in [4.78, 5) is 0. The van der Waals surface area contributed by atoms with E-state index in [1.54, 1.807) is 0 Å². The van der Waals surface area contributed by atoms with Gasteiger partial charge in [0, 0.05) is 0 Å². The van der Waals surface area contributed by atoms with Gasteiger partial charge in [-0.15, -0.1) is 0 Å². The molecule has 2 heteroatoms. The first kappa shape index (κ1) is 6.47. The topological polar surface area (TPSA) is 34.4 Å². The van der Waals surface area contributed by atoms with E-state index in [1.165, 1.54) is 0 Å². The smallest absolute Gasteiger partial charge is 0.328 e. The largest absolute Gasteiger partial charge is 0.463 e. The summed E-state index contributed by atoms with van der Waals surface area (Å²) in [5, 5.41) is 9.56. The molecule has 0 aliphatic rings.